The van der Waals surface area contributed by atoms with E-state index in [9.17, 15) is 9.59 Å². The van der Waals surface area contributed by atoms with Gasteiger partial charge in [0.2, 0.25) is 11.8 Å². The van der Waals surface area contributed by atoms with E-state index in [4.69, 9.17) is 23.2 Å². The Kier molecular flexibility index (Phi) is 11.8. The Balaban J connectivity index is 1.83. The molecule has 0 fully saturated rings. The van der Waals surface area contributed by atoms with Gasteiger partial charge >= 0.3 is 0 Å². The second kappa shape index (κ2) is 15.1. The van der Waals surface area contributed by atoms with Gasteiger partial charge in [0.15, 0.2) is 0 Å². The summed E-state index contributed by atoms with van der Waals surface area (Å²) in [5, 5.41) is 4.07. The molecule has 1 atom stereocenters. The first-order chi connectivity index (χ1) is 17.9. The number of halogens is 2. The SMILES string of the molecule is CCCCNC(=O)[C@@H](Cc1ccccc1)N(Cc1cccc(C)c1)C(=O)CSCc1ccc(Cl)c(Cl)c1. The largest absolute Gasteiger partial charge is 0.354 e. The van der Waals surface area contributed by atoms with Crippen molar-refractivity contribution in [1.29, 1.82) is 0 Å². The molecule has 2 amide bonds. The molecule has 0 saturated heterocycles. The first kappa shape index (κ1) is 29.1. The van der Waals surface area contributed by atoms with Gasteiger partial charge in [0.25, 0.3) is 0 Å². The molecule has 7 heteroatoms. The third-order valence-corrected chi connectivity index (χ3v) is 7.74. The summed E-state index contributed by atoms with van der Waals surface area (Å²) in [5.74, 6) is 0.679. The van der Waals surface area contributed by atoms with Crippen molar-refractivity contribution in [3.63, 3.8) is 0 Å². The fourth-order valence-electron chi connectivity index (χ4n) is 4.04. The predicted octanol–water partition coefficient (Wildman–Crippen LogP) is 7.09. The predicted molar refractivity (Wildman–Crippen MR) is 156 cm³/mol. The van der Waals surface area contributed by atoms with Crippen LogP contribution < -0.4 is 5.32 Å². The minimum Gasteiger partial charge on any atom is -0.354 e. The molecule has 0 unspecified atom stereocenters. The van der Waals surface area contributed by atoms with Crippen molar-refractivity contribution in [2.45, 2.75) is 51.4 Å². The van der Waals surface area contributed by atoms with Crippen LogP contribution in [0.5, 0.6) is 0 Å². The molecule has 0 aromatic heterocycles. The highest BCUT2D eigenvalue weighted by Crippen LogP contribution is 2.25. The van der Waals surface area contributed by atoms with Gasteiger partial charge in [-0.3, -0.25) is 9.59 Å². The zero-order valence-corrected chi connectivity index (χ0v) is 23.7. The molecule has 4 nitrogen and oxygen atoms in total. The average molecular weight is 558 g/mol. The number of benzene rings is 3. The number of unbranched alkanes of at least 4 members (excludes halogenated alkanes) is 1. The molecule has 1 N–H and O–H groups in total. The van der Waals surface area contributed by atoms with Crippen molar-refractivity contribution in [1.82, 2.24) is 10.2 Å². The topological polar surface area (TPSA) is 49.4 Å². The normalized spacial score (nSPS) is 11.7. The lowest BCUT2D eigenvalue weighted by molar-refractivity contribution is -0.139. The zero-order valence-electron chi connectivity index (χ0n) is 21.4. The molecule has 3 aromatic rings. The lowest BCUT2D eigenvalue weighted by Crippen LogP contribution is -2.51. The first-order valence-electron chi connectivity index (χ1n) is 12.6. The molecule has 0 heterocycles. The Morgan fingerprint density at radius 1 is 0.919 bits per heavy atom. The summed E-state index contributed by atoms with van der Waals surface area (Å²) in [6, 6.07) is 22.9. The van der Waals surface area contributed by atoms with E-state index < -0.39 is 6.04 Å². The number of amides is 2. The summed E-state index contributed by atoms with van der Waals surface area (Å²) in [7, 11) is 0. The molecule has 3 rings (SSSR count). The van der Waals surface area contributed by atoms with Gasteiger partial charge in [-0.1, -0.05) is 103 Å². The molecule has 0 aliphatic rings. The summed E-state index contributed by atoms with van der Waals surface area (Å²) >= 11 is 13.7. The van der Waals surface area contributed by atoms with Crippen LogP contribution >= 0.6 is 35.0 Å². The number of hydrogen-bond acceptors (Lipinski definition) is 3. The second-order valence-corrected chi connectivity index (χ2v) is 10.9. The fraction of sp³-hybridized carbons (Fsp3) is 0.333. The van der Waals surface area contributed by atoms with Gasteiger partial charge in [0.1, 0.15) is 6.04 Å². The van der Waals surface area contributed by atoms with Crippen molar-refractivity contribution in [2.24, 2.45) is 0 Å². The van der Waals surface area contributed by atoms with Gasteiger partial charge in [-0.15, -0.1) is 11.8 Å². The van der Waals surface area contributed by atoms with E-state index in [1.54, 1.807) is 11.0 Å². The third kappa shape index (κ3) is 9.41. The molecule has 0 radical (unpaired) electrons. The Bertz CT molecular complexity index is 1170. The summed E-state index contributed by atoms with van der Waals surface area (Å²) < 4.78 is 0. The molecule has 0 aliphatic heterocycles. The highest BCUT2D eigenvalue weighted by atomic mass is 35.5. The van der Waals surface area contributed by atoms with Gasteiger partial charge in [0.05, 0.1) is 15.8 Å². The van der Waals surface area contributed by atoms with Crippen molar-refractivity contribution in [3.8, 4) is 0 Å². The number of carbonyl (C=O) groups is 2. The first-order valence-corrected chi connectivity index (χ1v) is 14.5. The van der Waals surface area contributed by atoms with E-state index in [2.05, 4.69) is 18.3 Å². The molecule has 3 aromatic carbocycles. The maximum atomic E-state index is 13.7. The highest BCUT2D eigenvalue weighted by Gasteiger charge is 2.30. The molecular weight excluding hydrogens is 523 g/mol. The second-order valence-electron chi connectivity index (χ2n) is 9.10. The van der Waals surface area contributed by atoms with E-state index in [0.29, 0.717) is 35.3 Å². The van der Waals surface area contributed by atoms with Crippen LogP contribution in [0.1, 0.15) is 42.0 Å². The number of nitrogens with one attached hydrogen (secondary N) is 1. The van der Waals surface area contributed by atoms with Gasteiger partial charge in [-0.2, -0.15) is 0 Å². The van der Waals surface area contributed by atoms with Crippen molar-refractivity contribution < 1.29 is 9.59 Å². The van der Waals surface area contributed by atoms with Crippen LogP contribution in [0, 0.1) is 6.92 Å². The zero-order chi connectivity index (χ0) is 26.6. The average Bonchev–Trinajstić information content (AvgIpc) is 2.89. The lowest BCUT2D eigenvalue weighted by Gasteiger charge is -2.31. The van der Waals surface area contributed by atoms with Crippen LogP contribution in [0.15, 0.2) is 72.8 Å². The summed E-state index contributed by atoms with van der Waals surface area (Å²) in [4.78, 5) is 28.9. The Morgan fingerprint density at radius 2 is 1.68 bits per heavy atom. The number of thioether (sulfide) groups is 1. The molecule has 0 aliphatic carbocycles. The van der Waals surface area contributed by atoms with E-state index in [-0.39, 0.29) is 17.6 Å². The Labute approximate surface area is 234 Å². The van der Waals surface area contributed by atoms with Crippen LogP contribution in [-0.4, -0.2) is 35.1 Å². The monoisotopic (exact) mass is 556 g/mol. The molecular formula is C30H34Cl2N2O2S. The molecule has 37 heavy (non-hydrogen) atoms. The van der Waals surface area contributed by atoms with Crippen molar-refractivity contribution >= 4 is 46.8 Å². The highest BCUT2D eigenvalue weighted by molar-refractivity contribution is 7.99. The van der Waals surface area contributed by atoms with Gasteiger partial charge in [-0.05, 0) is 42.2 Å². The minimum absolute atomic E-state index is 0.0712. The van der Waals surface area contributed by atoms with Gasteiger partial charge in [0, 0.05) is 25.3 Å². The van der Waals surface area contributed by atoms with Crippen molar-refractivity contribution in [3.05, 3.63) is 105 Å². The van der Waals surface area contributed by atoms with Crippen LogP contribution in [0.25, 0.3) is 0 Å². The number of rotatable bonds is 13. The summed E-state index contributed by atoms with van der Waals surface area (Å²) in [6.45, 7) is 5.08. The lowest BCUT2D eigenvalue weighted by atomic mass is 10.0. The van der Waals surface area contributed by atoms with Gasteiger partial charge < -0.3 is 10.2 Å². The van der Waals surface area contributed by atoms with Gasteiger partial charge in [-0.25, -0.2) is 0 Å². The Hall–Kier alpha value is -2.47. The third-order valence-electron chi connectivity index (χ3n) is 6.01. The van der Waals surface area contributed by atoms with E-state index in [1.807, 2.05) is 67.6 Å². The molecule has 196 valence electrons. The van der Waals surface area contributed by atoms with E-state index in [1.165, 1.54) is 11.8 Å². The van der Waals surface area contributed by atoms with Crippen LogP contribution in [0.4, 0.5) is 0 Å². The maximum absolute atomic E-state index is 13.7. The number of aryl methyl sites for hydroxylation is 1. The Morgan fingerprint density at radius 3 is 2.38 bits per heavy atom. The quantitative estimate of drug-likeness (QED) is 0.228. The fourth-order valence-corrected chi connectivity index (χ4v) is 5.21. The van der Waals surface area contributed by atoms with Crippen molar-refractivity contribution in [2.75, 3.05) is 12.3 Å². The molecule has 0 bridgehead atoms. The minimum atomic E-state index is -0.613. The van der Waals surface area contributed by atoms with Crippen LogP contribution in [0.2, 0.25) is 10.0 Å². The van der Waals surface area contributed by atoms with Crippen LogP contribution in [-0.2, 0) is 28.3 Å². The maximum Gasteiger partial charge on any atom is 0.243 e. The molecule has 0 spiro atoms. The number of nitrogens with zero attached hydrogens (tertiary/aromatic N) is 1. The molecule has 0 saturated carbocycles. The summed E-state index contributed by atoms with van der Waals surface area (Å²) in [6.07, 6.45) is 2.34. The standard InChI is InChI=1S/C30H34Cl2N2O2S/c1-3-4-15-33-30(36)28(18-23-10-6-5-7-11-23)34(19-24-12-8-9-22(2)16-24)29(35)21-37-20-25-13-14-26(31)27(32)17-25/h5-14,16-17,28H,3-4,15,18-21H2,1-2H3,(H,33,36)/t28-/m1/s1. The van der Waals surface area contributed by atoms with E-state index >= 15 is 0 Å². The van der Waals surface area contributed by atoms with E-state index in [0.717, 1.165) is 35.1 Å². The van der Waals surface area contributed by atoms with Crippen LogP contribution in [0.3, 0.4) is 0 Å². The summed E-state index contributed by atoms with van der Waals surface area (Å²) in [5.41, 5.74) is 4.13. The smallest absolute Gasteiger partial charge is 0.243 e. The number of hydrogen-bond donors (Lipinski definition) is 1. The number of carbonyl (C=O) groups excluding carboxylic acids is 2.